The summed E-state index contributed by atoms with van der Waals surface area (Å²) in [6.07, 6.45) is 4.87. The number of aliphatic hydroxyl groups is 1. The van der Waals surface area contributed by atoms with Crippen molar-refractivity contribution < 1.29 is 23.5 Å². The molecule has 0 radical (unpaired) electrons. The molecule has 3 rings (SSSR count). The minimum atomic E-state index is -2.22. The summed E-state index contributed by atoms with van der Waals surface area (Å²) >= 11 is 0. The van der Waals surface area contributed by atoms with Crippen molar-refractivity contribution in [1.29, 1.82) is 0 Å². The van der Waals surface area contributed by atoms with Crippen LogP contribution in [-0.4, -0.2) is 51.6 Å². The van der Waals surface area contributed by atoms with E-state index in [2.05, 4.69) is 80.7 Å². The summed E-state index contributed by atoms with van der Waals surface area (Å²) in [4.78, 5) is 29.0. The normalized spacial score (nSPS) is 34.1. The number of hydrogen-bond acceptors (Lipinski definition) is 5. The van der Waals surface area contributed by atoms with Crippen LogP contribution < -0.4 is 0 Å². The van der Waals surface area contributed by atoms with Crippen LogP contribution in [-0.2, 0) is 18.4 Å². The van der Waals surface area contributed by atoms with Gasteiger partial charge in [0.25, 0.3) is 0 Å². The van der Waals surface area contributed by atoms with E-state index in [1.165, 1.54) is 0 Å². The van der Waals surface area contributed by atoms with Crippen molar-refractivity contribution in [3.8, 4) is 0 Å². The van der Waals surface area contributed by atoms with Crippen molar-refractivity contribution in [3.05, 3.63) is 23.3 Å². The molecule has 0 spiro atoms. The van der Waals surface area contributed by atoms with E-state index < -0.39 is 44.9 Å². The fourth-order valence-electron chi connectivity index (χ4n) is 6.56. The summed E-state index contributed by atoms with van der Waals surface area (Å²) in [6.45, 7) is 30.4. The van der Waals surface area contributed by atoms with E-state index in [1.54, 1.807) is 0 Å². The number of ketones is 2. The van der Waals surface area contributed by atoms with Gasteiger partial charge >= 0.3 is 0 Å². The fourth-order valence-corrected chi connectivity index (χ4v) is 8.96. The molecular formula is C32H56O5Si2. The average Bonchev–Trinajstić information content (AvgIpc) is 2.74. The molecule has 5 atom stereocenters. The molecular weight excluding hydrogens is 521 g/mol. The first kappa shape index (κ1) is 32.6. The third kappa shape index (κ3) is 5.28. The van der Waals surface area contributed by atoms with Crippen LogP contribution in [0, 0.1) is 22.7 Å². The fraction of sp³-hybridized carbons (Fsp3) is 0.812. The highest BCUT2D eigenvalue weighted by molar-refractivity contribution is 6.74. The minimum Gasteiger partial charge on any atom is -0.413 e. The molecule has 0 aliphatic heterocycles. The molecule has 7 heteroatoms. The molecule has 3 aliphatic rings. The van der Waals surface area contributed by atoms with Gasteiger partial charge in [0.05, 0.1) is 18.6 Å². The number of carbonyl (C=O) groups is 2. The van der Waals surface area contributed by atoms with Gasteiger partial charge < -0.3 is 14.0 Å². The van der Waals surface area contributed by atoms with Gasteiger partial charge in [-0.05, 0) is 55.2 Å². The summed E-state index contributed by atoms with van der Waals surface area (Å²) in [5, 5.41) is 12.3. The Morgan fingerprint density at radius 1 is 0.923 bits per heavy atom. The van der Waals surface area contributed by atoms with Crippen LogP contribution in [0.2, 0.25) is 36.3 Å². The van der Waals surface area contributed by atoms with E-state index >= 15 is 0 Å². The molecule has 0 aromatic heterocycles. The van der Waals surface area contributed by atoms with Crippen LogP contribution in [0.1, 0.15) is 88.5 Å². The van der Waals surface area contributed by atoms with Crippen LogP contribution in [0.3, 0.4) is 0 Å². The summed E-state index contributed by atoms with van der Waals surface area (Å²) in [5.74, 6) is -1.22. The van der Waals surface area contributed by atoms with Gasteiger partial charge in [-0.15, -0.1) is 0 Å². The van der Waals surface area contributed by atoms with Crippen molar-refractivity contribution in [2.75, 3.05) is 6.61 Å². The van der Waals surface area contributed by atoms with Gasteiger partial charge in [-0.3, -0.25) is 9.59 Å². The zero-order valence-electron chi connectivity index (χ0n) is 27.3. The Kier molecular flexibility index (Phi) is 8.25. The molecule has 0 saturated heterocycles. The Morgan fingerprint density at radius 2 is 1.46 bits per heavy atom. The lowest BCUT2D eigenvalue weighted by Gasteiger charge is -2.58. The Morgan fingerprint density at radius 3 is 1.97 bits per heavy atom. The standard InChI is InChI=1S/C32H56O5Si2/c1-21-17-18-32(35)27(34)26-22(20-36-38(11,12)28(2,3)4)15-16-24(37-39(13,14)29(5,6)7)31(26,10)19-23(33)25(21)30(32,8)9/h15,17,24-26,35H,16,18-20H2,1-14H3/t24-,25+,26-,31+,32+/m0/s1. The zero-order valence-corrected chi connectivity index (χ0v) is 29.3. The zero-order chi connectivity index (χ0) is 30.2. The molecule has 5 nitrogen and oxygen atoms in total. The van der Waals surface area contributed by atoms with Crippen molar-refractivity contribution in [2.24, 2.45) is 22.7 Å². The van der Waals surface area contributed by atoms with Gasteiger partial charge in [-0.2, -0.15) is 0 Å². The van der Waals surface area contributed by atoms with Crippen molar-refractivity contribution in [3.63, 3.8) is 0 Å². The van der Waals surface area contributed by atoms with Crippen LogP contribution in [0.15, 0.2) is 23.3 Å². The lowest BCUT2D eigenvalue weighted by Crippen LogP contribution is -2.66. The second-order valence-corrected chi connectivity index (χ2v) is 26.1. The number of Topliss-reactive ketones (excluding diaryl/α,β-unsaturated/α-hetero) is 2. The van der Waals surface area contributed by atoms with Gasteiger partial charge in [0, 0.05) is 29.6 Å². The maximum Gasteiger partial charge on any atom is 0.192 e. The molecule has 222 valence electrons. The molecule has 39 heavy (non-hydrogen) atoms. The van der Waals surface area contributed by atoms with Gasteiger partial charge in [0.1, 0.15) is 11.4 Å². The summed E-state index contributed by atoms with van der Waals surface area (Å²) < 4.78 is 13.7. The number of carbonyl (C=O) groups excluding carboxylic acids is 2. The van der Waals surface area contributed by atoms with Crippen molar-refractivity contribution in [2.45, 2.75) is 136 Å². The van der Waals surface area contributed by atoms with E-state index in [0.717, 1.165) is 11.1 Å². The van der Waals surface area contributed by atoms with Gasteiger partial charge in [0.2, 0.25) is 0 Å². The Labute approximate surface area is 240 Å². The van der Waals surface area contributed by atoms with Crippen molar-refractivity contribution >= 4 is 28.2 Å². The van der Waals surface area contributed by atoms with E-state index in [1.807, 2.05) is 26.8 Å². The SMILES string of the molecule is CC1=CC[C@@]2(O)C(=O)[C@@H]3C(CO[Si](C)(C)C(C)(C)C)=CC[C@H](O[Si](C)(C)C(C)(C)C)[C@@]3(C)CC(=O)[C@@H]1C2(C)C. The highest BCUT2D eigenvalue weighted by Gasteiger charge is 2.65. The summed E-state index contributed by atoms with van der Waals surface area (Å²) in [6, 6.07) is 0. The van der Waals surface area contributed by atoms with Crippen molar-refractivity contribution in [1.82, 2.24) is 0 Å². The first-order chi connectivity index (χ1) is 17.3. The summed E-state index contributed by atoms with van der Waals surface area (Å²) in [7, 11) is -4.33. The first-order valence-electron chi connectivity index (χ1n) is 14.8. The molecule has 0 heterocycles. The van der Waals surface area contributed by atoms with E-state index in [9.17, 15) is 14.7 Å². The van der Waals surface area contributed by atoms with Crippen LogP contribution in [0.5, 0.6) is 0 Å². The quantitative estimate of drug-likeness (QED) is 0.269. The molecule has 0 unspecified atom stereocenters. The monoisotopic (exact) mass is 576 g/mol. The van der Waals surface area contributed by atoms with E-state index in [4.69, 9.17) is 8.85 Å². The topological polar surface area (TPSA) is 72.8 Å². The van der Waals surface area contributed by atoms with Gasteiger partial charge in [-0.1, -0.05) is 80.0 Å². The minimum absolute atomic E-state index is 0.0139. The lowest BCUT2D eigenvalue weighted by molar-refractivity contribution is -0.176. The smallest absolute Gasteiger partial charge is 0.192 e. The van der Waals surface area contributed by atoms with Crippen LogP contribution in [0.4, 0.5) is 0 Å². The summed E-state index contributed by atoms with van der Waals surface area (Å²) in [5.41, 5.74) is -1.46. The molecule has 1 saturated carbocycles. The molecule has 3 aliphatic carbocycles. The second-order valence-electron chi connectivity index (χ2n) is 16.5. The van der Waals surface area contributed by atoms with Crippen LogP contribution in [0.25, 0.3) is 0 Å². The predicted octanol–water partition coefficient (Wildman–Crippen LogP) is 7.62. The Bertz CT molecular complexity index is 1070. The molecule has 0 aromatic carbocycles. The molecule has 1 fully saturated rings. The number of rotatable bonds is 5. The molecule has 0 aromatic rings. The Balaban J connectivity index is 2.20. The average molecular weight is 577 g/mol. The number of allylic oxidation sites excluding steroid dienone is 1. The highest BCUT2D eigenvalue weighted by Crippen LogP contribution is 2.58. The molecule has 2 bridgehead atoms. The maximum atomic E-state index is 14.8. The predicted molar refractivity (Wildman–Crippen MR) is 165 cm³/mol. The van der Waals surface area contributed by atoms with E-state index in [-0.39, 0.29) is 40.6 Å². The maximum absolute atomic E-state index is 14.8. The number of fused-ring (bicyclic) bond motifs is 3. The third-order valence-corrected chi connectivity index (χ3v) is 20.5. The third-order valence-electron chi connectivity index (χ3n) is 11.5. The van der Waals surface area contributed by atoms with Gasteiger partial charge in [-0.25, -0.2) is 0 Å². The lowest BCUT2D eigenvalue weighted by atomic mass is 9.48. The Hall–Kier alpha value is -0.866. The molecule has 1 N–H and O–H groups in total. The largest absolute Gasteiger partial charge is 0.413 e. The second kappa shape index (κ2) is 9.86. The highest BCUT2D eigenvalue weighted by atomic mass is 28.4. The van der Waals surface area contributed by atoms with Crippen LogP contribution >= 0.6 is 0 Å². The van der Waals surface area contributed by atoms with E-state index in [0.29, 0.717) is 13.0 Å². The first-order valence-corrected chi connectivity index (χ1v) is 20.6. The number of hydrogen-bond donors (Lipinski definition) is 1. The van der Waals surface area contributed by atoms with Gasteiger partial charge in [0.15, 0.2) is 22.4 Å². The molecule has 0 amide bonds.